The van der Waals surface area contributed by atoms with E-state index >= 15 is 0 Å². The molecule has 22 heavy (non-hydrogen) atoms. The van der Waals surface area contributed by atoms with Crippen LogP contribution in [0.2, 0.25) is 0 Å². The molecule has 2 aromatic rings. The smallest absolute Gasteiger partial charge is 0.323 e. The highest BCUT2D eigenvalue weighted by atomic mass is 16.6. The minimum absolute atomic E-state index is 0.0284. The molecule has 7 nitrogen and oxygen atoms in total. The molecular formula is C15H17N3O4. The highest BCUT2D eigenvalue weighted by Crippen LogP contribution is 2.18. The summed E-state index contributed by atoms with van der Waals surface area (Å²) in [5.41, 5.74) is 7.45. The van der Waals surface area contributed by atoms with Crippen molar-refractivity contribution in [3.8, 4) is 5.69 Å². The zero-order valence-electron chi connectivity index (χ0n) is 12.1. The van der Waals surface area contributed by atoms with Gasteiger partial charge in [-0.1, -0.05) is 0 Å². The van der Waals surface area contributed by atoms with Crippen LogP contribution in [0.3, 0.4) is 0 Å². The van der Waals surface area contributed by atoms with Gasteiger partial charge in [-0.05, 0) is 31.2 Å². The maximum atomic E-state index is 11.6. The highest BCUT2D eigenvalue weighted by Gasteiger charge is 2.17. The van der Waals surface area contributed by atoms with Gasteiger partial charge < -0.3 is 15.0 Å². The number of benzene rings is 1. The molecule has 1 heterocycles. The number of hydrogen-bond donors (Lipinski definition) is 1. The summed E-state index contributed by atoms with van der Waals surface area (Å²) in [5, 5.41) is 10.7. The first kappa shape index (κ1) is 15.7. The van der Waals surface area contributed by atoms with E-state index in [0.29, 0.717) is 6.42 Å². The van der Waals surface area contributed by atoms with E-state index in [2.05, 4.69) is 0 Å². The summed E-state index contributed by atoms with van der Waals surface area (Å²) in [6, 6.07) is 9.10. The van der Waals surface area contributed by atoms with Crippen LogP contribution in [0, 0.1) is 10.1 Å². The van der Waals surface area contributed by atoms with Crippen molar-refractivity contribution in [1.29, 1.82) is 0 Å². The molecule has 0 amide bonds. The molecule has 0 spiro atoms. The zero-order chi connectivity index (χ0) is 16.1. The van der Waals surface area contributed by atoms with E-state index in [0.717, 1.165) is 11.4 Å². The summed E-state index contributed by atoms with van der Waals surface area (Å²) in [5.74, 6) is -0.445. The Morgan fingerprint density at radius 1 is 1.36 bits per heavy atom. The Kier molecular flexibility index (Phi) is 4.90. The summed E-state index contributed by atoms with van der Waals surface area (Å²) in [6.07, 6.45) is 2.14. The first-order valence-corrected chi connectivity index (χ1v) is 6.86. The molecule has 1 unspecified atom stereocenters. The molecule has 116 valence electrons. The summed E-state index contributed by atoms with van der Waals surface area (Å²) in [4.78, 5) is 21.8. The first-order chi connectivity index (χ1) is 10.5. The number of non-ortho nitro benzene ring substituents is 1. The molecule has 1 atom stereocenters. The van der Waals surface area contributed by atoms with Crippen LogP contribution in [-0.4, -0.2) is 28.1 Å². The Morgan fingerprint density at radius 3 is 2.64 bits per heavy atom. The number of ether oxygens (including phenoxy) is 1. The van der Waals surface area contributed by atoms with Gasteiger partial charge in [0.25, 0.3) is 5.69 Å². The van der Waals surface area contributed by atoms with Gasteiger partial charge in [0.05, 0.1) is 11.5 Å². The monoisotopic (exact) mass is 303 g/mol. The summed E-state index contributed by atoms with van der Waals surface area (Å²) < 4.78 is 6.73. The number of hydrogen-bond acceptors (Lipinski definition) is 5. The number of carbonyl (C=O) groups is 1. The van der Waals surface area contributed by atoms with Gasteiger partial charge in [-0.25, -0.2) is 0 Å². The molecule has 1 aromatic carbocycles. The number of nitro benzene ring substituents is 1. The van der Waals surface area contributed by atoms with E-state index in [1.165, 1.54) is 12.1 Å². The van der Waals surface area contributed by atoms with E-state index in [-0.39, 0.29) is 12.3 Å². The van der Waals surface area contributed by atoms with Gasteiger partial charge >= 0.3 is 5.97 Å². The van der Waals surface area contributed by atoms with Crippen LogP contribution >= 0.6 is 0 Å². The molecule has 0 bridgehead atoms. The van der Waals surface area contributed by atoms with Crippen LogP contribution in [0.4, 0.5) is 5.69 Å². The fraction of sp³-hybridized carbons (Fsp3) is 0.267. The molecular weight excluding hydrogens is 286 g/mol. The van der Waals surface area contributed by atoms with Crippen molar-refractivity contribution in [2.75, 3.05) is 6.61 Å². The second-order valence-corrected chi connectivity index (χ2v) is 4.71. The number of nitrogens with two attached hydrogens (primary N) is 1. The normalized spacial score (nSPS) is 11.9. The average molecular weight is 303 g/mol. The maximum absolute atomic E-state index is 11.6. The van der Waals surface area contributed by atoms with Crippen LogP contribution in [0.15, 0.2) is 42.6 Å². The largest absolute Gasteiger partial charge is 0.465 e. The van der Waals surface area contributed by atoms with Crippen molar-refractivity contribution in [2.24, 2.45) is 5.73 Å². The van der Waals surface area contributed by atoms with Crippen molar-refractivity contribution in [1.82, 2.24) is 4.57 Å². The molecule has 0 aliphatic rings. The fourth-order valence-corrected chi connectivity index (χ4v) is 2.13. The molecule has 0 radical (unpaired) electrons. The minimum Gasteiger partial charge on any atom is -0.465 e. The predicted molar refractivity (Wildman–Crippen MR) is 80.7 cm³/mol. The van der Waals surface area contributed by atoms with Gasteiger partial charge in [0.2, 0.25) is 0 Å². The lowest BCUT2D eigenvalue weighted by Gasteiger charge is -2.13. The van der Waals surface area contributed by atoms with Gasteiger partial charge in [-0.2, -0.15) is 0 Å². The molecule has 0 saturated heterocycles. The second-order valence-electron chi connectivity index (χ2n) is 4.71. The molecule has 7 heteroatoms. The van der Waals surface area contributed by atoms with Crippen LogP contribution in [0.25, 0.3) is 5.69 Å². The zero-order valence-corrected chi connectivity index (χ0v) is 12.1. The average Bonchev–Trinajstić information content (AvgIpc) is 2.95. The molecule has 1 aromatic heterocycles. The van der Waals surface area contributed by atoms with Crippen LogP contribution in [0.1, 0.15) is 12.6 Å². The SMILES string of the molecule is CCOC(=O)C(N)Cc1cccn1-c1ccc([N+](=O)[O-])cc1. The summed E-state index contributed by atoms with van der Waals surface area (Å²) >= 11 is 0. The fourth-order valence-electron chi connectivity index (χ4n) is 2.13. The van der Waals surface area contributed by atoms with Gasteiger partial charge in [0.15, 0.2) is 0 Å². The predicted octanol–water partition coefficient (Wildman–Crippen LogP) is 1.82. The first-order valence-electron chi connectivity index (χ1n) is 6.86. The second kappa shape index (κ2) is 6.86. The molecule has 0 saturated carbocycles. The van der Waals surface area contributed by atoms with Gasteiger partial charge in [0.1, 0.15) is 6.04 Å². The maximum Gasteiger partial charge on any atom is 0.323 e. The number of rotatable bonds is 6. The van der Waals surface area contributed by atoms with Crippen molar-refractivity contribution < 1.29 is 14.5 Å². The Hall–Kier alpha value is -2.67. The van der Waals surface area contributed by atoms with E-state index in [9.17, 15) is 14.9 Å². The number of esters is 1. The van der Waals surface area contributed by atoms with Crippen molar-refractivity contribution >= 4 is 11.7 Å². The highest BCUT2D eigenvalue weighted by molar-refractivity contribution is 5.75. The standard InChI is InChI=1S/C15H17N3O4/c1-2-22-15(19)14(16)10-13-4-3-9-17(13)11-5-7-12(8-6-11)18(20)21/h3-9,14H,2,10,16H2,1H3. The molecule has 0 fully saturated rings. The van der Waals surface area contributed by atoms with Crippen molar-refractivity contribution in [2.45, 2.75) is 19.4 Å². The van der Waals surface area contributed by atoms with E-state index < -0.39 is 16.9 Å². The van der Waals surface area contributed by atoms with Gasteiger partial charge in [-0.15, -0.1) is 0 Å². The van der Waals surface area contributed by atoms with Crippen molar-refractivity contribution in [3.05, 3.63) is 58.4 Å². The number of nitro groups is 1. The molecule has 0 aliphatic carbocycles. The van der Waals surface area contributed by atoms with Gasteiger partial charge in [-0.3, -0.25) is 14.9 Å². The summed E-state index contributed by atoms with van der Waals surface area (Å²) in [7, 11) is 0. The Bertz CT molecular complexity index is 664. The topological polar surface area (TPSA) is 100 Å². The summed E-state index contributed by atoms with van der Waals surface area (Å²) in [6.45, 7) is 2.01. The van der Waals surface area contributed by atoms with E-state index in [1.807, 2.05) is 22.9 Å². The number of carbonyl (C=O) groups excluding carboxylic acids is 1. The Labute approximate surface area is 127 Å². The minimum atomic E-state index is -0.744. The molecule has 0 aliphatic heterocycles. The van der Waals surface area contributed by atoms with E-state index in [1.54, 1.807) is 19.1 Å². The lowest BCUT2D eigenvalue weighted by Crippen LogP contribution is -2.34. The van der Waals surface area contributed by atoms with Crippen LogP contribution in [-0.2, 0) is 16.0 Å². The van der Waals surface area contributed by atoms with E-state index in [4.69, 9.17) is 10.5 Å². The third-order valence-electron chi connectivity index (χ3n) is 3.19. The third kappa shape index (κ3) is 3.50. The van der Waals surface area contributed by atoms with Crippen LogP contribution < -0.4 is 5.73 Å². The van der Waals surface area contributed by atoms with Gasteiger partial charge in [0, 0.05) is 36.1 Å². The third-order valence-corrected chi connectivity index (χ3v) is 3.19. The quantitative estimate of drug-likeness (QED) is 0.498. The number of nitrogens with zero attached hydrogens (tertiary/aromatic N) is 2. The van der Waals surface area contributed by atoms with Crippen LogP contribution in [0.5, 0.6) is 0 Å². The number of aromatic nitrogens is 1. The lowest BCUT2D eigenvalue weighted by molar-refractivity contribution is -0.384. The Balaban J connectivity index is 2.18. The van der Waals surface area contributed by atoms with Crippen molar-refractivity contribution in [3.63, 3.8) is 0 Å². The lowest BCUT2D eigenvalue weighted by atomic mass is 10.1. The molecule has 2 rings (SSSR count). The molecule has 2 N–H and O–H groups in total. The Morgan fingerprint density at radius 2 is 2.05 bits per heavy atom.